The Morgan fingerprint density at radius 3 is 2.57 bits per heavy atom. The van der Waals surface area contributed by atoms with Gasteiger partial charge in [-0.2, -0.15) is 9.40 Å². The zero-order valence-corrected chi connectivity index (χ0v) is 24.7. The summed E-state index contributed by atoms with van der Waals surface area (Å²) in [6.07, 6.45) is 8.02. The van der Waals surface area contributed by atoms with E-state index in [1.54, 1.807) is 20.0 Å². The standard InChI is InChI=1S/C29H36F2N6O4S/c1-19(2)42(38,39)36-13-10-24-25(18-36)33-28(20-16-32-37(17-20)27-5-3-4-14-40-27)29(34-24)35-11-8-22(9-12-35)41-26-7-6-21(30)15-23(26)31/h6-7,15-17,19,22,27H,3-5,8-14,18H2,1-2H3. The molecule has 2 fully saturated rings. The first-order chi connectivity index (χ1) is 20.2. The molecule has 2 aromatic heterocycles. The molecule has 226 valence electrons. The Morgan fingerprint density at radius 2 is 1.86 bits per heavy atom. The van der Waals surface area contributed by atoms with E-state index in [0.717, 1.165) is 36.6 Å². The number of aromatic nitrogens is 4. The van der Waals surface area contributed by atoms with Gasteiger partial charge in [0, 0.05) is 63.3 Å². The van der Waals surface area contributed by atoms with Gasteiger partial charge >= 0.3 is 0 Å². The smallest absolute Gasteiger partial charge is 0.216 e. The van der Waals surface area contributed by atoms with Gasteiger partial charge in [0.15, 0.2) is 17.4 Å². The number of ether oxygens (including phenoxy) is 2. The van der Waals surface area contributed by atoms with Crippen LogP contribution in [-0.4, -0.2) is 70.1 Å². The molecule has 1 atom stereocenters. The van der Waals surface area contributed by atoms with Gasteiger partial charge in [-0.1, -0.05) is 0 Å². The second-order valence-corrected chi connectivity index (χ2v) is 13.9. The predicted octanol–water partition coefficient (Wildman–Crippen LogP) is 4.46. The summed E-state index contributed by atoms with van der Waals surface area (Å²) in [7, 11) is -3.44. The quantitative estimate of drug-likeness (QED) is 0.391. The maximum absolute atomic E-state index is 14.2. The summed E-state index contributed by atoms with van der Waals surface area (Å²) in [6, 6.07) is 3.33. The van der Waals surface area contributed by atoms with Gasteiger partial charge in [-0.05, 0) is 45.2 Å². The first-order valence-electron chi connectivity index (χ1n) is 14.6. The van der Waals surface area contributed by atoms with E-state index in [2.05, 4.69) is 10.00 Å². The van der Waals surface area contributed by atoms with E-state index in [4.69, 9.17) is 19.4 Å². The topological polar surface area (TPSA) is 103 Å². The zero-order valence-electron chi connectivity index (χ0n) is 23.9. The lowest BCUT2D eigenvalue weighted by atomic mass is 10.1. The van der Waals surface area contributed by atoms with Gasteiger partial charge in [-0.25, -0.2) is 31.8 Å². The lowest BCUT2D eigenvalue weighted by molar-refractivity contribution is -0.0394. The van der Waals surface area contributed by atoms with Crippen molar-refractivity contribution in [1.82, 2.24) is 24.1 Å². The maximum atomic E-state index is 14.2. The highest BCUT2D eigenvalue weighted by atomic mass is 32.2. The molecule has 6 rings (SSSR count). The second-order valence-electron chi connectivity index (χ2n) is 11.4. The van der Waals surface area contributed by atoms with Crippen LogP contribution in [0.1, 0.15) is 63.6 Å². The minimum absolute atomic E-state index is 0.0439. The van der Waals surface area contributed by atoms with Crippen LogP contribution in [-0.2, 0) is 27.7 Å². The molecule has 0 saturated carbocycles. The van der Waals surface area contributed by atoms with Crippen molar-refractivity contribution in [2.24, 2.45) is 0 Å². The molecule has 0 N–H and O–H groups in total. The molecule has 3 aliphatic rings. The molecular formula is C29H36F2N6O4S. The number of hydrogen-bond acceptors (Lipinski definition) is 8. The Labute approximate surface area is 244 Å². The molecule has 5 heterocycles. The van der Waals surface area contributed by atoms with E-state index in [0.29, 0.717) is 62.7 Å². The number of benzene rings is 1. The van der Waals surface area contributed by atoms with Crippen LogP contribution in [0.2, 0.25) is 0 Å². The molecule has 3 aromatic rings. The summed E-state index contributed by atoms with van der Waals surface area (Å²) in [5, 5.41) is 4.06. The average molecular weight is 603 g/mol. The molecule has 0 spiro atoms. The van der Waals surface area contributed by atoms with Crippen LogP contribution >= 0.6 is 0 Å². The molecule has 0 radical (unpaired) electrons. The van der Waals surface area contributed by atoms with E-state index in [1.165, 1.54) is 16.4 Å². The van der Waals surface area contributed by atoms with Crippen molar-refractivity contribution in [2.75, 3.05) is 31.1 Å². The first-order valence-corrected chi connectivity index (χ1v) is 16.1. The number of nitrogens with zero attached hydrogens (tertiary/aromatic N) is 6. The van der Waals surface area contributed by atoms with Crippen LogP contribution in [0.25, 0.3) is 11.3 Å². The van der Waals surface area contributed by atoms with Gasteiger partial charge in [-0.15, -0.1) is 0 Å². The summed E-state index contributed by atoms with van der Waals surface area (Å²) >= 11 is 0. The van der Waals surface area contributed by atoms with E-state index < -0.39 is 26.9 Å². The van der Waals surface area contributed by atoms with Crippen LogP contribution in [0.15, 0.2) is 30.6 Å². The van der Waals surface area contributed by atoms with Crippen molar-refractivity contribution in [2.45, 2.75) is 76.5 Å². The number of hydrogen-bond donors (Lipinski definition) is 0. The second kappa shape index (κ2) is 11.8. The minimum atomic E-state index is -3.44. The van der Waals surface area contributed by atoms with Crippen molar-refractivity contribution < 1.29 is 26.7 Å². The minimum Gasteiger partial charge on any atom is -0.487 e. The van der Waals surface area contributed by atoms with Crippen LogP contribution in [0.4, 0.5) is 14.6 Å². The lowest BCUT2D eigenvalue weighted by Crippen LogP contribution is -2.42. The molecule has 2 saturated heterocycles. The molecular weight excluding hydrogens is 566 g/mol. The van der Waals surface area contributed by atoms with Gasteiger partial charge in [0.1, 0.15) is 23.8 Å². The van der Waals surface area contributed by atoms with Gasteiger partial charge < -0.3 is 14.4 Å². The number of halogens is 2. The third-order valence-electron chi connectivity index (χ3n) is 8.17. The first kappa shape index (κ1) is 28.9. The monoisotopic (exact) mass is 602 g/mol. The van der Waals surface area contributed by atoms with E-state index in [-0.39, 0.29) is 24.6 Å². The molecule has 0 amide bonds. The average Bonchev–Trinajstić information content (AvgIpc) is 3.49. The summed E-state index contributed by atoms with van der Waals surface area (Å²) in [5.41, 5.74) is 2.86. The van der Waals surface area contributed by atoms with Crippen molar-refractivity contribution >= 4 is 15.8 Å². The molecule has 1 aromatic carbocycles. The summed E-state index contributed by atoms with van der Waals surface area (Å²) < 4.78 is 68.5. The third-order valence-corrected chi connectivity index (χ3v) is 10.4. The van der Waals surface area contributed by atoms with Gasteiger partial charge in [0.2, 0.25) is 10.0 Å². The molecule has 1 unspecified atom stereocenters. The molecule has 0 aliphatic carbocycles. The van der Waals surface area contributed by atoms with Gasteiger partial charge in [-0.3, -0.25) is 0 Å². The molecule has 42 heavy (non-hydrogen) atoms. The van der Waals surface area contributed by atoms with Crippen molar-refractivity contribution in [3.63, 3.8) is 0 Å². The number of rotatable bonds is 7. The fraction of sp³-hybridized carbons (Fsp3) is 0.552. The fourth-order valence-corrected chi connectivity index (χ4v) is 6.96. The van der Waals surface area contributed by atoms with Crippen LogP contribution in [0.3, 0.4) is 0 Å². The van der Waals surface area contributed by atoms with Crippen LogP contribution < -0.4 is 9.64 Å². The van der Waals surface area contributed by atoms with Gasteiger partial charge in [0.25, 0.3) is 0 Å². The highest BCUT2D eigenvalue weighted by Crippen LogP contribution is 2.34. The van der Waals surface area contributed by atoms with Crippen LogP contribution in [0, 0.1) is 11.6 Å². The lowest BCUT2D eigenvalue weighted by Gasteiger charge is -2.35. The van der Waals surface area contributed by atoms with E-state index in [9.17, 15) is 17.2 Å². The zero-order chi connectivity index (χ0) is 29.4. The largest absolute Gasteiger partial charge is 0.487 e. The van der Waals surface area contributed by atoms with Crippen LogP contribution in [0.5, 0.6) is 5.75 Å². The van der Waals surface area contributed by atoms with Crippen molar-refractivity contribution in [3.8, 4) is 17.0 Å². The number of sulfonamides is 1. The Balaban J connectivity index is 1.28. The highest BCUT2D eigenvalue weighted by Gasteiger charge is 2.33. The van der Waals surface area contributed by atoms with Crippen molar-refractivity contribution in [3.05, 3.63) is 53.6 Å². The summed E-state index contributed by atoms with van der Waals surface area (Å²) in [6.45, 7) is 5.80. The number of piperidine rings is 1. The Bertz CT molecular complexity index is 1530. The SMILES string of the molecule is CC(C)S(=O)(=O)N1CCc2nc(N3CCC(Oc4ccc(F)cc4F)CC3)c(-c3cnn(C4CCCCO4)c3)nc2C1. The normalized spacial score (nSPS) is 20.6. The van der Waals surface area contributed by atoms with Gasteiger partial charge in [0.05, 0.1) is 29.4 Å². The predicted molar refractivity (Wildman–Crippen MR) is 152 cm³/mol. The molecule has 0 bridgehead atoms. The third kappa shape index (κ3) is 5.86. The van der Waals surface area contributed by atoms with E-state index in [1.807, 2.05) is 10.9 Å². The molecule has 10 nitrogen and oxygen atoms in total. The Kier molecular flexibility index (Phi) is 8.16. The summed E-state index contributed by atoms with van der Waals surface area (Å²) in [5.74, 6) is -0.601. The van der Waals surface area contributed by atoms with Crippen molar-refractivity contribution in [1.29, 1.82) is 0 Å². The Hall–Kier alpha value is -3.16. The Morgan fingerprint density at radius 1 is 1.05 bits per heavy atom. The fourth-order valence-electron chi connectivity index (χ4n) is 5.71. The maximum Gasteiger partial charge on any atom is 0.216 e. The molecule has 13 heteroatoms. The number of anilines is 1. The number of fused-ring (bicyclic) bond motifs is 1. The van der Waals surface area contributed by atoms with E-state index >= 15 is 0 Å². The highest BCUT2D eigenvalue weighted by molar-refractivity contribution is 7.89. The molecule has 3 aliphatic heterocycles. The summed E-state index contributed by atoms with van der Waals surface area (Å²) in [4.78, 5) is 12.2.